The molecule has 1 aliphatic carbocycles. The van der Waals surface area contributed by atoms with Gasteiger partial charge in [0, 0.05) is 6.42 Å². The van der Waals surface area contributed by atoms with Crippen molar-refractivity contribution in [3.05, 3.63) is 52.3 Å². The standard InChI is InChI=1S/C22H27FO2/c1-14-10-18(25-9-8-22(3,4)24)11-15(2)21(14)20-13-17(23)12-16-6-5-7-19(16)20/h10-13,24H,5-9H2,1-4H3. The van der Waals surface area contributed by atoms with Crippen LogP contribution in [0.4, 0.5) is 4.39 Å². The minimum atomic E-state index is -0.730. The Morgan fingerprint density at radius 1 is 1.08 bits per heavy atom. The zero-order valence-electron chi connectivity index (χ0n) is 15.6. The maximum absolute atomic E-state index is 14.1. The van der Waals surface area contributed by atoms with Crippen LogP contribution in [0.3, 0.4) is 0 Å². The molecule has 0 unspecified atom stereocenters. The number of benzene rings is 2. The largest absolute Gasteiger partial charge is 0.493 e. The lowest BCUT2D eigenvalue weighted by Crippen LogP contribution is -2.21. The Kier molecular flexibility index (Phi) is 4.88. The molecule has 25 heavy (non-hydrogen) atoms. The van der Waals surface area contributed by atoms with Gasteiger partial charge in [-0.05, 0) is 105 Å². The fraction of sp³-hybridized carbons (Fsp3) is 0.455. The predicted molar refractivity (Wildman–Crippen MR) is 99.7 cm³/mol. The van der Waals surface area contributed by atoms with Crippen molar-refractivity contribution in [2.75, 3.05) is 6.61 Å². The highest BCUT2D eigenvalue weighted by Gasteiger charge is 2.20. The van der Waals surface area contributed by atoms with Crippen LogP contribution in [0.5, 0.6) is 5.75 Å². The first-order chi connectivity index (χ1) is 11.7. The molecule has 1 aliphatic rings. The van der Waals surface area contributed by atoms with E-state index < -0.39 is 5.60 Å². The Morgan fingerprint density at radius 2 is 1.76 bits per heavy atom. The van der Waals surface area contributed by atoms with E-state index in [1.165, 1.54) is 5.56 Å². The molecule has 3 rings (SSSR count). The first-order valence-corrected chi connectivity index (χ1v) is 9.03. The summed E-state index contributed by atoms with van der Waals surface area (Å²) in [5.41, 5.74) is 6.06. The molecule has 2 nitrogen and oxygen atoms in total. The fourth-order valence-corrected chi connectivity index (χ4v) is 3.74. The molecule has 0 spiro atoms. The maximum atomic E-state index is 14.1. The molecule has 0 aromatic heterocycles. The summed E-state index contributed by atoms with van der Waals surface area (Å²) in [6, 6.07) is 7.39. The topological polar surface area (TPSA) is 29.5 Å². The summed E-state index contributed by atoms with van der Waals surface area (Å²) in [6.45, 7) is 8.13. The number of aliphatic hydroxyl groups is 1. The van der Waals surface area contributed by atoms with E-state index in [0.29, 0.717) is 13.0 Å². The van der Waals surface area contributed by atoms with Gasteiger partial charge < -0.3 is 9.84 Å². The molecule has 0 atom stereocenters. The smallest absolute Gasteiger partial charge is 0.124 e. The van der Waals surface area contributed by atoms with Crippen LogP contribution in [-0.4, -0.2) is 17.3 Å². The van der Waals surface area contributed by atoms with E-state index in [9.17, 15) is 9.50 Å². The Labute approximate surface area is 149 Å². The van der Waals surface area contributed by atoms with Crippen LogP contribution in [0.25, 0.3) is 11.1 Å². The van der Waals surface area contributed by atoms with Crippen LogP contribution in [0.15, 0.2) is 24.3 Å². The number of fused-ring (bicyclic) bond motifs is 1. The molecule has 0 aliphatic heterocycles. The van der Waals surface area contributed by atoms with Crippen molar-refractivity contribution >= 4 is 0 Å². The average molecular weight is 342 g/mol. The van der Waals surface area contributed by atoms with Crippen LogP contribution in [-0.2, 0) is 12.8 Å². The van der Waals surface area contributed by atoms with Gasteiger partial charge in [0.15, 0.2) is 0 Å². The van der Waals surface area contributed by atoms with E-state index in [-0.39, 0.29) is 5.82 Å². The van der Waals surface area contributed by atoms with Gasteiger partial charge >= 0.3 is 0 Å². The monoisotopic (exact) mass is 342 g/mol. The van der Waals surface area contributed by atoms with Gasteiger partial charge in [-0.2, -0.15) is 0 Å². The van der Waals surface area contributed by atoms with Crippen molar-refractivity contribution in [2.24, 2.45) is 0 Å². The van der Waals surface area contributed by atoms with Crippen molar-refractivity contribution in [1.82, 2.24) is 0 Å². The molecule has 134 valence electrons. The van der Waals surface area contributed by atoms with E-state index in [4.69, 9.17) is 4.74 Å². The third-order valence-corrected chi connectivity index (χ3v) is 4.94. The highest BCUT2D eigenvalue weighted by molar-refractivity contribution is 5.76. The minimum absolute atomic E-state index is 0.153. The van der Waals surface area contributed by atoms with Crippen LogP contribution in [0.1, 0.15) is 48.9 Å². The van der Waals surface area contributed by atoms with Crippen LogP contribution >= 0.6 is 0 Å². The summed E-state index contributed by atoms with van der Waals surface area (Å²) in [4.78, 5) is 0. The van der Waals surface area contributed by atoms with Gasteiger partial charge in [0.05, 0.1) is 12.2 Å². The first-order valence-electron chi connectivity index (χ1n) is 9.03. The highest BCUT2D eigenvalue weighted by atomic mass is 19.1. The Hall–Kier alpha value is -1.87. The molecule has 0 fully saturated rings. The molecule has 2 aromatic carbocycles. The molecule has 0 heterocycles. The van der Waals surface area contributed by atoms with Crippen molar-refractivity contribution in [2.45, 2.75) is 59.0 Å². The van der Waals surface area contributed by atoms with Gasteiger partial charge in [0.25, 0.3) is 0 Å². The maximum Gasteiger partial charge on any atom is 0.124 e. The summed E-state index contributed by atoms with van der Waals surface area (Å²) in [6.07, 6.45) is 3.66. The molecule has 2 aromatic rings. The van der Waals surface area contributed by atoms with E-state index in [1.807, 2.05) is 12.1 Å². The SMILES string of the molecule is Cc1cc(OCCC(C)(C)O)cc(C)c1-c1cc(F)cc2c1CCC2. The molecule has 0 saturated carbocycles. The number of hydrogen-bond donors (Lipinski definition) is 1. The number of halogens is 1. The van der Waals surface area contributed by atoms with E-state index in [2.05, 4.69) is 13.8 Å². The van der Waals surface area contributed by atoms with Crippen LogP contribution < -0.4 is 4.74 Å². The Bertz CT molecular complexity index is 764. The summed E-state index contributed by atoms with van der Waals surface area (Å²) < 4.78 is 19.9. The third kappa shape index (κ3) is 4.04. The number of aryl methyl sites for hydroxylation is 3. The van der Waals surface area contributed by atoms with Crippen LogP contribution in [0.2, 0.25) is 0 Å². The quantitative estimate of drug-likeness (QED) is 0.815. The lowest BCUT2D eigenvalue weighted by atomic mass is 9.90. The second kappa shape index (κ2) is 6.80. The molecule has 1 N–H and O–H groups in total. The van der Waals surface area contributed by atoms with Crippen LogP contribution in [0, 0.1) is 19.7 Å². The van der Waals surface area contributed by atoms with Gasteiger partial charge in [-0.15, -0.1) is 0 Å². The third-order valence-electron chi connectivity index (χ3n) is 4.94. The predicted octanol–water partition coefficient (Wildman–Crippen LogP) is 5.14. The molecule has 0 radical (unpaired) electrons. The summed E-state index contributed by atoms with van der Waals surface area (Å²) in [7, 11) is 0. The van der Waals surface area contributed by atoms with Gasteiger partial charge in [0.1, 0.15) is 11.6 Å². The van der Waals surface area contributed by atoms with E-state index in [0.717, 1.165) is 52.8 Å². The lowest BCUT2D eigenvalue weighted by Gasteiger charge is -2.19. The Morgan fingerprint density at radius 3 is 2.40 bits per heavy atom. The molecular weight excluding hydrogens is 315 g/mol. The molecule has 3 heteroatoms. The number of rotatable bonds is 5. The van der Waals surface area contributed by atoms with Gasteiger partial charge in [-0.3, -0.25) is 0 Å². The second-order valence-corrected chi connectivity index (χ2v) is 7.79. The van der Waals surface area contributed by atoms with E-state index in [1.54, 1.807) is 26.0 Å². The van der Waals surface area contributed by atoms with Gasteiger partial charge in [0.2, 0.25) is 0 Å². The van der Waals surface area contributed by atoms with E-state index >= 15 is 0 Å². The van der Waals surface area contributed by atoms with Crippen molar-refractivity contribution in [1.29, 1.82) is 0 Å². The summed E-state index contributed by atoms with van der Waals surface area (Å²) in [5, 5.41) is 9.80. The van der Waals surface area contributed by atoms with Crippen molar-refractivity contribution in [3.63, 3.8) is 0 Å². The molecular formula is C22H27FO2. The minimum Gasteiger partial charge on any atom is -0.493 e. The number of hydrogen-bond acceptors (Lipinski definition) is 2. The first kappa shape index (κ1) is 17.9. The van der Waals surface area contributed by atoms with Crippen molar-refractivity contribution < 1.29 is 14.2 Å². The van der Waals surface area contributed by atoms with Gasteiger partial charge in [-0.25, -0.2) is 4.39 Å². The highest BCUT2D eigenvalue weighted by Crippen LogP contribution is 2.38. The molecule has 0 saturated heterocycles. The molecule has 0 amide bonds. The summed E-state index contributed by atoms with van der Waals surface area (Å²) in [5.74, 6) is 0.649. The fourth-order valence-electron chi connectivity index (χ4n) is 3.74. The molecule has 0 bridgehead atoms. The van der Waals surface area contributed by atoms with Crippen molar-refractivity contribution in [3.8, 4) is 16.9 Å². The zero-order valence-corrected chi connectivity index (χ0v) is 15.6. The van der Waals surface area contributed by atoms with Gasteiger partial charge in [-0.1, -0.05) is 0 Å². The summed E-state index contributed by atoms with van der Waals surface area (Å²) >= 11 is 0. The average Bonchev–Trinajstić information content (AvgIpc) is 2.93. The normalized spacial score (nSPS) is 13.8. The zero-order chi connectivity index (χ0) is 18.2. The Balaban J connectivity index is 1.92. The lowest BCUT2D eigenvalue weighted by molar-refractivity contribution is 0.0553. The number of ether oxygens (including phenoxy) is 1. The second-order valence-electron chi connectivity index (χ2n) is 7.79.